The average Bonchev–Trinajstić information content (AvgIpc) is 1.89. The molecule has 0 heterocycles. The van der Waals surface area contributed by atoms with Gasteiger partial charge in [0.05, 0.1) is 12.1 Å². The number of aliphatic hydroxyl groups excluding tert-OH is 1. The van der Waals surface area contributed by atoms with Crippen LogP contribution in [0.25, 0.3) is 0 Å². The molecule has 9 heavy (non-hydrogen) atoms. The second kappa shape index (κ2) is 3.45. The molecular formula is C6H12NO2. The molecule has 0 saturated heterocycles. The topological polar surface area (TPSA) is 49.3 Å². The quantitative estimate of drug-likeness (QED) is 0.518. The summed E-state index contributed by atoms with van der Waals surface area (Å²) in [5, 5.41) is 11.1. The molecule has 0 aliphatic carbocycles. The van der Waals surface area contributed by atoms with Crippen LogP contribution in [-0.4, -0.2) is 23.7 Å². The molecule has 0 bridgehead atoms. The first kappa shape index (κ1) is 8.43. The molecule has 0 aliphatic heterocycles. The number of rotatable bonds is 4. The maximum absolute atomic E-state index is 9.79. The van der Waals surface area contributed by atoms with Crippen LogP contribution in [0, 0.1) is 0 Å². The van der Waals surface area contributed by atoms with Crippen LogP contribution >= 0.6 is 0 Å². The highest BCUT2D eigenvalue weighted by Gasteiger charge is 2.18. The Morgan fingerprint density at radius 1 is 1.78 bits per heavy atom. The fraction of sp³-hybridized carbons (Fsp3) is 0.833. The van der Waals surface area contributed by atoms with Gasteiger partial charge in [-0.05, 0) is 13.3 Å². The molecule has 0 aromatic rings. The number of amides is 1. The Morgan fingerprint density at radius 3 is 2.44 bits per heavy atom. The summed E-state index contributed by atoms with van der Waals surface area (Å²) >= 11 is 0. The summed E-state index contributed by atoms with van der Waals surface area (Å²) < 4.78 is 0. The molecule has 1 atom stereocenters. The van der Waals surface area contributed by atoms with E-state index < -0.39 is 5.54 Å². The van der Waals surface area contributed by atoms with Gasteiger partial charge in [0.15, 0.2) is 0 Å². The van der Waals surface area contributed by atoms with Crippen LogP contribution in [0.15, 0.2) is 0 Å². The van der Waals surface area contributed by atoms with Crippen molar-refractivity contribution in [3.05, 3.63) is 0 Å². The van der Waals surface area contributed by atoms with E-state index in [2.05, 4.69) is 5.32 Å². The third-order valence-corrected chi connectivity index (χ3v) is 1.48. The Balaban J connectivity index is 3.75. The monoisotopic (exact) mass is 130 g/mol. The van der Waals surface area contributed by atoms with Gasteiger partial charge in [-0.1, -0.05) is 6.92 Å². The highest BCUT2D eigenvalue weighted by molar-refractivity contribution is 5.48. The van der Waals surface area contributed by atoms with Gasteiger partial charge in [-0.2, -0.15) is 0 Å². The van der Waals surface area contributed by atoms with Crippen LogP contribution in [0.1, 0.15) is 20.3 Å². The van der Waals surface area contributed by atoms with Gasteiger partial charge >= 0.3 is 6.41 Å². The van der Waals surface area contributed by atoms with Crippen LogP contribution in [0.3, 0.4) is 0 Å². The fourth-order valence-electron chi connectivity index (χ4n) is 0.363. The molecule has 0 saturated carbocycles. The first-order valence-corrected chi connectivity index (χ1v) is 2.93. The van der Waals surface area contributed by atoms with Gasteiger partial charge in [-0.25, -0.2) is 0 Å². The normalized spacial score (nSPS) is 16.3. The summed E-state index contributed by atoms with van der Waals surface area (Å²) in [6.45, 7) is 3.61. The standard InChI is InChI=1S/C6H12NO2/c1-3-6(2,4-8)7-5-9/h8H,3-4H2,1-2H3,(H,7,9)/t6-/m1/s1. The van der Waals surface area contributed by atoms with Crippen LogP contribution in [0.4, 0.5) is 0 Å². The van der Waals surface area contributed by atoms with Crippen molar-refractivity contribution in [3.8, 4) is 0 Å². The third kappa shape index (κ3) is 2.46. The molecule has 0 aliphatic rings. The van der Waals surface area contributed by atoms with Crippen LogP contribution in [0.2, 0.25) is 0 Å². The van der Waals surface area contributed by atoms with Gasteiger partial charge in [0.2, 0.25) is 0 Å². The molecular weight excluding hydrogens is 118 g/mol. The summed E-state index contributed by atoms with van der Waals surface area (Å²) in [5.41, 5.74) is -0.484. The van der Waals surface area contributed by atoms with E-state index in [0.29, 0.717) is 6.42 Å². The minimum atomic E-state index is -0.484. The summed E-state index contributed by atoms with van der Waals surface area (Å²) in [7, 11) is 0. The molecule has 2 N–H and O–H groups in total. The third-order valence-electron chi connectivity index (χ3n) is 1.48. The van der Waals surface area contributed by atoms with Crippen LogP contribution in [0.5, 0.6) is 0 Å². The zero-order chi connectivity index (χ0) is 7.33. The van der Waals surface area contributed by atoms with Gasteiger partial charge < -0.3 is 10.4 Å². The average molecular weight is 130 g/mol. The summed E-state index contributed by atoms with van der Waals surface area (Å²) in [5.74, 6) is 0. The largest absolute Gasteiger partial charge is 0.394 e. The highest BCUT2D eigenvalue weighted by atomic mass is 16.3. The lowest BCUT2D eigenvalue weighted by atomic mass is 10.0. The van der Waals surface area contributed by atoms with Crippen LogP contribution < -0.4 is 5.32 Å². The SMILES string of the molecule is CC[C@](C)(CO)N[C]=O. The number of nitrogens with one attached hydrogen (secondary N) is 1. The Kier molecular flexibility index (Phi) is 3.24. The minimum absolute atomic E-state index is 0.0429. The zero-order valence-corrected chi connectivity index (χ0v) is 5.77. The zero-order valence-electron chi connectivity index (χ0n) is 5.77. The fourth-order valence-corrected chi connectivity index (χ4v) is 0.363. The van der Waals surface area contributed by atoms with E-state index in [1.807, 2.05) is 6.92 Å². The molecule has 0 unspecified atom stereocenters. The van der Waals surface area contributed by atoms with Crippen molar-refractivity contribution in [2.75, 3.05) is 6.61 Å². The van der Waals surface area contributed by atoms with E-state index in [-0.39, 0.29) is 6.61 Å². The smallest absolute Gasteiger partial charge is 0.309 e. The Labute approximate surface area is 55.1 Å². The summed E-state index contributed by atoms with van der Waals surface area (Å²) in [4.78, 5) is 9.79. The lowest BCUT2D eigenvalue weighted by molar-refractivity contribution is 0.187. The Hall–Kier alpha value is -0.570. The maximum atomic E-state index is 9.79. The van der Waals surface area contributed by atoms with Gasteiger partial charge in [0.25, 0.3) is 0 Å². The molecule has 1 radical (unpaired) electrons. The second-order valence-corrected chi connectivity index (χ2v) is 2.30. The van der Waals surface area contributed by atoms with Gasteiger partial charge in [-0.3, -0.25) is 4.79 Å². The van der Waals surface area contributed by atoms with Crippen molar-refractivity contribution in [2.24, 2.45) is 0 Å². The highest BCUT2D eigenvalue weighted by Crippen LogP contribution is 2.05. The molecule has 3 nitrogen and oxygen atoms in total. The number of hydrogen-bond donors (Lipinski definition) is 2. The molecule has 53 valence electrons. The van der Waals surface area contributed by atoms with Crippen molar-refractivity contribution in [3.63, 3.8) is 0 Å². The lowest BCUT2D eigenvalue weighted by Gasteiger charge is -2.23. The van der Waals surface area contributed by atoms with E-state index in [4.69, 9.17) is 5.11 Å². The van der Waals surface area contributed by atoms with Crippen molar-refractivity contribution < 1.29 is 9.90 Å². The predicted octanol–water partition coefficient (Wildman–Crippen LogP) is -0.196. The first-order valence-electron chi connectivity index (χ1n) is 2.93. The van der Waals surface area contributed by atoms with Crippen LogP contribution in [-0.2, 0) is 4.79 Å². The molecule has 1 amide bonds. The second-order valence-electron chi connectivity index (χ2n) is 2.30. The van der Waals surface area contributed by atoms with Gasteiger partial charge in [0.1, 0.15) is 0 Å². The van der Waals surface area contributed by atoms with Crippen molar-refractivity contribution in [2.45, 2.75) is 25.8 Å². The molecule has 0 fully saturated rings. The van der Waals surface area contributed by atoms with E-state index in [1.54, 1.807) is 13.3 Å². The summed E-state index contributed by atoms with van der Waals surface area (Å²) in [6.07, 6.45) is 2.26. The lowest BCUT2D eigenvalue weighted by Crippen LogP contribution is -2.44. The molecule has 0 rings (SSSR count). The van der Waals surface area contributed by atoms with E-state index in [9.17, 15) is 4.79 Å². The first-order chi connectivity index (χ1) is 4.18. The van der Waals surface area contributed by atoms with Gasteiger partial charge in [0, 0.05) is 0 Å². The van der Waals surface area contributed by atoms with E-state index in [1.165, 1.54) is 0 Å². The van der Waals surface area contributed by atoms with Crippen molar-refractivity contribution in [1.82, 2.24) is 5.32 Å². The summed E-state index contributed by atoms with van der Waals surface area (Å²) in [6, 6.07) is 0. The van der Waals surface area contributed by atoms with Crippen molar-refractivity contribution >= 4 is 6.41 Å². The molecule has 0 aromatic carbocycles. The Bertz CT molecular complexity index is 89.1. The molecule has 3 heteroatoms. The molecule has 0 spiro atoms. The van der Waals surface area contributed by atoms with Crippen molar-refractivity contribution in [1.29, 1.82) is 0 Å². The number of hydrogen-bond acceptors (Lipinski definition) is 2. The van der Waals surface area contributed by atoms with E-state index >= 15 is 0 Å². The van der Waals surface area contributed by atoms with Gasteiger partial charge in [-0.15, -0.1) is 0 Å². The maximum Gasteiger partial charge on any atom is 0.309 e. The Morgan fingerprint density at radius 2 is 2.33 bits per heavy atom. The van der Waals surface area contributed by atoms with E-state index in [0.717, 1.165) is 0 Å². The number of aliphatic hydroxyl groups is 1. The molecule has 0 aromatic heterocycles. The minimum Gasteiger partial charge on any atom is -0.394 e. The predicted molar refractivity (Wildman–Crippen MR) is 34.6 cm³/mol. The number of carbonyl (C=O) groups excluding carboxylic acids is 1.